The molecule has 3 nitrogen and oxygen atoms in total. The molecule has 1 heterocycles. The molecule has 2 N–H and O–H groups in total. The van der Waals surface area contributed by atoms with Crippen LogP contribution in [0.3, 0.4) is 0 Å². The molecular weight excluding hydrogens is 200 g/mol. The molecule has 94 valence electrons. The average molecular weight is 226 g/mol. The van der Waals surface area contributed by atoms with Crippen molar-refractivity contribution in [3.8, 4) is 0 Å². The highest BCUT2D eigenvalue weighted by molar-refractivity contribution is 4.89. The van der Waals surface area contributed by atoms with Gasteiger partial charge in [0.25, 0.3) is 0 Å². The molecule has 1 saturated heterocycles. The van der Waals surface area contributed by atoms with Crippen LogP contribution in [0.4, 0.5) is 0 Å². The van der Waals surface area contributed by atoms with Crippen LogP contribution >= 0.6 is 0 Å². The molecule has 1 atom stereocenters. The summed E-state index contributed by atoms with van der Waals surface area (Å²) in [5.74, 6) is 0.976. The first kappa shape index (κ1) is 12.3. The van der Waals surface area contributed by atoms with Gasteiger partial charge in [-0.1, -0.05) is 6.92 Å². The predicted molar refractivity (Wildman–Crippen MR) is 66.4 cm³/mol. The summed E-state index contributed by atoms with van der Waals surface area (Å²) in [7, 11) is 0. The van der Waals surface area contributed by atoms with Gasteiger partial charge in [-0.25, -0.2) is 0 Å². The monoisotopic (exact) mass is 226 g/mol. The Hall–Kier alpha value is -0.120. The zero-order valence-corrected chi connectivity index (χ0v) is 10.6. The van der Waals surface area contributed by atoms with Gasteiger partial charge in [-0.3, -0.25) is 0 Å². The molecular formula is C13H26N2O. The van der Waals surface area contributed by atoms with Gasteiger partial charge in [-0.2, -0.15) is 0 Å². The first-order chi connectivity index (χ1) is 7.78. The fourth-order valence-electron chi connectivity index (χ4n) is 2.69. The van der Waals surface area contributed by atoms with Crippen molar-refractivity contribution in [3.63, 3.8) is 0 Å². The second-order valence-corrected chi connectivity index (χ2v) is 5.69. The van der Waals surface area contributed by atoms with Crippen LogP contribution in [0.5, 0.6) is 0 Å². The number of hydrogen-bond acceptors (Lipinski definition) is 3. The van der Waals surface area contributed by atoms with E-state index < -0.39 is 0 Å². The van der Waals surface area contributed by atoms with Gasteiger partial charge < -0.3 is 15.4 Å². The van der Waals surface area contributed by atoms with E-state index in [1.54, 1.807) is 0 Å². The van der Waals surface area contributed by atoms with E-state index in [1.165, 1.54) is 32.4 Å². The van der Waals surface area contributed by atoms with Crippen LogP contribution in [0.15, 0.2) is 0 Å². The van der Waals surface area contributed by atoms with Crippen LogP contribution in [0.1, 0.15) is 32.6 Å². The minimum Gasteiger partial charge on any atom is -0.381 e. The van der Waals surface area contributed by atoms with Gasteiger partial charge >= 0.3 is 0 Å². The SMILES string of the molecule is CCCN(CC1CC1)CC1(CN)CCOC1. The van der Waals surface area contributed by atoms with Gasteiger partial charge in [0, 0.05) is 31.7 Å². The summed E-state index contributed by atoms with van der Waals surface area (Å²) in [6.07, 6.45) is 5.27. The van der Waals surface area contributed by atoms with Crippen LogP contribution < -0.4 is 5.73 Å². The van der Waals surface area contributed by atoms with Crippen molar-refractivity contribution >= 4 is 0 Å². The summed E-state index contributed by atoms with van der Waals surface area (Å²) >= 11 is 0. The van der Waals surface area contributed by atoms with Gasteiger partial charge in [0.1, 0.15) is 0 Å². The first-order valence-corrected chi connectivity index (χ1v) is 6.78. The molecule has 0 amide bonds. The third kappa shape index (κ3) is 3.19. The number of nitrogens with two attached hydrogens (primary N) is 1. The fraction of sp³-hybridized carbons (Fsp3) is 1.00. The topological polar surface area (TPSA) is 38.5 Å². The maximum absolute atomic E-state index is 5.95. The molecule has 0 bridgehead atoms. The fourth-order valence-corrected chi connectivity index (χ4v) is 2.69. The highest BCUT2D eigenvalue weighted by Gasteiger charge is 2.36. The number of hydrogen-bond donors (Lipinski definition) is 1. The zero-order chi connectivity index (χ0) is 11.4. The van der Waals surface area contributed by atoms with E-state index in [-0.39, 0.29) is 5.41 Å². The molecule has 2 aliphatic rings. The molecule has 2 fully saturated rings. The van der Waals surface area contributed by atoms with Gasteiger partial charge in [0.05, 0.1) is 6.61 Å². The Balaban J connectivity index is 1.86. The normalized spacial score (nSPS) is 30.2. The summed E-state index contributed by atoms with van der Waals surface area (Å²) in [6.45, 7) is 8.47. The van der Waals surface area contributed by atoms with Gasteiger partial charge in [-0.05, 0) is 38.1 Å². The summed E-state index contributed by atoms with van der Waals surface area (Å²) in [5, 5.41) is 0. The van der Waals surface area contributed by atoms with Crippen molar-refractivity contribution in [1.82, 2.24) is 4.90 Å². The minimum atomic E-state index is 0.254. The van der Waals surface area contributed by atoms with Crippen molar-refractivity contribution in [2.75, 3.05) is 39.4 Å². The summed E-state index contributed by atoms with van der Waals surface area (Å²) in [6, 6.07) is 0. The summed E-state index contributed by atoms with van der Waals surface area (Å²) in [5.41, 5.74) is 6.21. The molecule has 3 heteroatoms. The van der Waals surface area contributed by atoms with E-state index in [2.05, 4.69) is 11.8 Å². The minimum absolute atomic E-state index is 0.254. The number of rotatable bonds is 7. The third-order valence-electron chi connectivity index (χ3n) is 3.93. The maximum Gasteiger partial charge on any atom is 0.0547 e. The molecule has 0 aromatic carbocycles. The number of nitrogens with zero attached hydrogens (tertiary/aromatic N) is 1. The van der Waals surface area contributed by atoms with Crippen molar-refractivity contribution in [2.45, 2.75) is 32.6 Å². The second kappa shape index (κ2) is 5.48. The lowest BCUT2D eigenvalue weighted by atomic mass is 9.86. The highest BCUT2D eigenvalue weighted by atomic mass is 16.5. The van der Waals surface area contributed by atoms with Crippen LogP contribution in [-0.2, 0) is 4.74 Å². The largest absolute Gasteiger partial charge is 0.381 e. The maximum atomic E-state index is 5.95. The molecule has 1 aliphatic carbocycles. The second-order valence-electron chi connectivity index (χ2n) is 5.69. The van der Waals surface area contributed by atoms with Crippen LogP contribution in [0, 0.1) is 11.3 Å². The molecule has 0 spiro atoms. The van der Waals surface area contributed by atoms with Crippen molar-refractivity contribution in [3.05, 3.63) is 0 Å². The van der Waals surface area contributed by atoms with E-state index in [9.17, 15) is 0 Å². The van der Waals surface area contributed by atoms with Crippen molar-refractivity contribution < 1.29 is 4.74 Å². The first-order valence-electron chi connectivity index (χ1n) is 6.78. The van der Waals surface area contributed by atoms with E-state index in [0.717, 1.165) is 38.6 Å². The third-order valence-corrected chi connectivity index (χ3v) is 3.93. The van der Waals surface area contributed by atoms with Gasteiger partial charge in [-0.15, -0.1) is 0 Å². The number of ether oxygens (including phenoxy) is 1. The molecule has 2 rings (SSSR count). The van der Waals surface area contributed by atoms with Crippen LogP contribution in [0.25, 0.3) is 0 Å². The molecule has 0 aromatic heterocycles. The molecule has 1 unspecified atom stereocenters. The molecule has 1 saturated carbocycles. The summed E-state index contributed by atoms with van der Waals surface area (Å²) in [4.78, 5) is 2.62. The Morgan fingerprint density at radius 3 is 2.75 bits per heavy atom. The lowest BCUT2D eigenvalue weighted by Crippen LogP contribution is -2.44. The van der Waals surface area contributed by atoms with Gasteiger partial charge in [0.2, 0.25) is 0 Å². The van der Waals surface area contributed by atoms with E-state index in [1.807, 2.05) is 0 Å². The lowest BCUT2D eigenvalue weighted by molar-refractivity contribution is 0.112. The smallest absolute Gasteiger partial charge is 0.0547 e. The van der Waals surface area contributed by atoms with Crippen molar-refractivity contribution in [1.29, 1.82) is 0 Å². The van der Waals surface area contributed by atoms with Crippen LogP contribution in [0.2, 0.25) is 0 Å². The Morgan fingerprint density at radius 2 is 2.25 bits per heavy atom. The summed E-state index contributed by atoms with van der Waals surface area (Å²) < 4.78 is 5.54. The Bertz CT molecular complexity index is 210. The van der Waals surface area contributed by atoms with Crippen molar-refractivity contribution in [2.24, 2.45) is 17.1 Å². The zero-order valence-electron chi connectivity index (χ0n) is 10.6. The van der Waals surface area contributed by atoms with E-state index in [4.69, 9.17) is 10.5 Å². The molecule has 0 radical (unpaired) electrons. The quantitative estimate of drug-likeness (QED) is 0.714. The Kier molecular flexibility index (Phi) is 4.22. The lowest BCUT2D eigenvalue weighted by Gasteiger charge is -2.33. The molecule has 1 aliphatic heterocycles. The van der Waals surface area contributed by atoms with Gasteiger partial charge in [0.15, 0.2) is 0 Å². The predicted octanol–water partition coefficient (Wildman–Crippen LogP) is 1.47. The highest BCUT2D eigenvalue weighted by Crippen LogP contribution is 2.33. The average Bonchev–Trinajstić information content (AvgIpc) is 2.96. The van der Waals surface area contributed by atoms with E-state index in [0.29, 0.717) is 0 Å². The van der Waals surface area contributed by atoms with Crippen LogP contribution in [-0.4, -0.2) is 44.3 Å². The molecule has 16 heavy (non-hydrogen) atoms. The molecule has 0 aromatic rings. The van der Waals surface area contributed by atoms with E-state index >= 15 is 0 Å². The Morgan fingerprint density at radius 1 is 1.44 bits per heavy atom. The Labute approximate surface area is 99.3 Å². The standard InChI is InChI=1S/C13H26N2O/c1-2-6-15(8-12-3-4-12)10-13(9-14)5-7-16-11-13/h12H,2-11,14H2,1H3.